The van der Waals surface area contributed by atoms with Gasteiger partial charge in [0, 0.05) is 25.1 Å². The average molecular weight is 879 g/mol. The number of nitrogens with one attached hydrogen (secondary N) is 6. The number of rotatable bonds is 25. The highest BCUT2D eigenvalue weighted by atomic mass is 32.1. The summed E-state index contributed by atoms with van der Waals surface area (Å²) in [5.74, 6) is -8.72. The average Bonchev–Trinajstić information content (AvgIpc) is 3.70. The van der Waals surface area contributed by atoms with Crippen LogP contribution in [0.25, 0.3) is 0 Å². The van der Waals surface area contributed by atoms with Crippen molar-refractivity contribution in [1.29, 1.82) is 0 Å². The number of aliphatic carboxylic acids is 2. The number of aliphatic hydroxyl groups excluding tert-OH is 1. The SMILES string of the molecule is CCC(C)C(NC(=O)C(N)CC(C)C)C(=O)NC(Cc1ccccc1)C(=O)N1CCCC1C(=O)NC(CCC(=O)O)C(=O)NCC(=O)NC(C(=O)NC(CS)C(=O)O)C(C)O. The number of benzene rings is 1. The molecule has 340 valence electrons. The van der Waals surface area contributed by atoms with Gasteiger partial charge in [-0.15, -0.1) is 0 Å². The van der Waals surface area contributed by atoms with Gasteiger partial charge < -0.3 is 57.9 Å². The van der Waals surface area contributed by atoms with E-state index in [0.29, 0.717) is 24.8 Å². The lowest BCUT2D eigenvalue weighted by Crippen LogP contribution is -2.60. The van der Waals surface area contributed by atoms with Crippen LogP contribution >= 0.6 is 12.6 Å². The minimum absolute atomic E-state index is 0.0307. The first-order valence-electron chi connectivity index (χ1n) is 20.3. The number of likely N-dealkylation sites (tertiary alicyclic amines) is 1. The van der Waals surface area contributed by atoms with E-state index in [1.807, 2.05) is 20.8 Å². The summed E-state index contributed by atoms with van der Waals surface area (Å²) in [5.41, 5.74) is 6.81. The molecule has 0 bridgehead atoms. The van der Waals surface area contributed by atoms with Crippen LogP contribution in [-0.2, 0) is 49.6 Å². The van der Waals surface area contributed by atoms with Crippen LogP contribution in [-0.4, -0.2) is 141 Å². The Hall–Kier alpha value is -5.28. The van der Waals surface area contributed by atoms with Crippen LogP contribution in [0.5, 0.6) is 0 Å². The van der Waals surface area contributed by atoms with Gasteiger partial charge in [-0.3, -0.25) is 38.4 Å². The number of hydrogen-bond donors (Lipinski definition) is 11. The van der Waals surface area contributed by atoms with Crippen LogP contribution in [0.2, 0.25) is 0 Å². The van der Waals surface area contributed by atoms with Crippen molar-refractivity contribution in [1.82, 2.24) is 36.8 Å². The third-order valence-electron chi connectivity index (χ3n) is 10.2. The standard InChI is InChI=1S/C40H62N8O12S/c1-6-22(4)32(47-34(53)25(41)17-21(2)3)37(56)44-27(18-24-11-8-7-9-12-24)39(58)48-16-10-13-29(48)36(55)43-26(14-15-31(51)52)35(54)42-19-30(50)46-33(23(5)49)38(57)45-28(20-61)40(59)60/h7-9,11-12,21-23,25-29,32-33,49,61H,6,10,13-20,41H2,1-5H3,(H,42,54)(H,43,55)(H,44,56)(H,45,57)(H,46,50)(H,47,53)(H,51,52)(H,59,60). The highest BCUT2D eigenvalue weighted by Gasteiger charge is 2.40. The van der Waals surface area contributed by atoms with Gasteiger partial charge in [-0.05, 0) is 50.0 Å². The van der Waals surface area contributed by atoms with Gasteiger partial charge >= 0.3 is 11.9 Å². The molecule has 1 aromatic rings. The number of aliphatic hydroxyl groups is 1. The van der Waals surface area contributed by atoms with Gasteiger partial charge in [-0.25, -0.2) is 4.79 Å². The maximum Gasteiger partial charge on any atom is 0.327 e. The molecule has 9 unspecified atom stereocenters. The van der Waals surface area contributed by atoms with E-state index in [1.54, 1.807) is 37.3 Å². The van der Waals surface area contributed by atoms with Gasteiger partial charge in [0.05, 0.1) is 18.7 Å². The van der Waals surface area contributed by atoms with Gasteiger partial charge in [0.25, 0.3) is 0 Å². The fourth-order valence-corrected chi connectivity index (χ4v) is 6.81. The lowest BCUT2D eigenvalue weighted by molar-refractivity contribution is -0.143. The second-order valence-electron chi connectivity index (χ2n) is 15.6. The van der Waals surface area contributed by atoms with Gasteiger partial charge in [0.1, 0.15) is 36.3 Å². The highest BCUT2D eigenvalue weighted by molar-refractivity contribution is 7.80. The van der Waals surface area contributed by atoms with Crippen molar-refractivity contribution in [3.05, 3.63) is 35.9 Å². The second kappa shape index (κ2) is 25.5. The predicted molar refractivity (Wildman–Crippen MR) is 224 cm³/mol. The molecule has 7 amide bonds. The zero-order valence-corrected chi connectivity index (χ0v) is 36.1. The van der Waals surface area contributed by atoms with Gasteiger partial charge in [-0.1, -0.05) is 64.4 Å². The minimum Gasteiger partial charge on any atom is -0.481 e. The molecule has 0 radical (unpaired) electrons. The Morgan fingerprint density at radius 2 is 1.44 bits per heavy atom. The summed E-state index contributed by atoms with van der Waals surface area (Å²) in [6.07, 6.45) is -1.00. The molecule has 1 fully saturated rings. The van der Waals surface area contributed by atoms with Crippen molar-refractivity contribution < 1.29 is 58.5 Å². The van der Waals surface area contributed by atoms with Crippen LogP contribution in [0.3, 0.4) is 0 Å². The lowest BCUT2D eigenvalue weighted by Gasteiger charge is -2.32. The molecule has 1 aliphatic rings. The fraction of sp³-hybridized carbons (Fsp3) is 0.625. The van der Waals surface area contributed by atoms with Crippen LogP contribution in [0, 0.1) is 11.8 Å². The number of thiol groups is 1. The Balaban J connectivity index is 2.28. The molecule has 20 nitrogen and oxygen atoms in total. The van der Waals surface area contributed by atoms with Crippen LogP contribution in [0.4, 0.5) is 0 Å². The third kappa shape index (κ3) is 17.0. The molecule has 1 aliphatic heterocycles. The molecule has 9 atom stereocenters. The van der Waals surface area contributed by atoms with E-state index in [4.69, 9.17) is 5.73 Å². The van der Waals surface area contributed by atoms with E-state index in [1.165, 1.54) is 11.8 Å². The smallest absolute Gasteiger partial charge is 0.327 e. The van der Waals surface area contributed by atoms with Gasteiger partial charge in [-0.2, -0.15) is 12.6 Å². The number of nitrogens with two attached hydrogens (primary N) is 1. The predicted octanol–water partition coefficient (Wildman–Crippen LogP) is -1.56. The van der Waals surface area contributed by atoms with Gasteiger partial charge in [0.15, 0.2) is 0 Å². The van der Waals surface area contributed by atoms with E-state index in [0.717, 1.165) is 0 Å². The summed E-state index contributed by atoms with van der Waals surface area (Å²) in [6, 6.07) is 0.0725. The number of carboxylic acids is 2. The number of amides is 7. The first-order chi connectivity index (χ1) is 28.7. The molecular weight excluding hydrogens is 817 g/mol. The Morgan fingerprint density at radius 3 is 2.00 bits per heavy atom. The van der Waals surface area contributed by atoms with Crippen LogP contribution in [0.1, 0.15) is 78.7 Å². The quantitative estimate of drug-likeness (QED) is 0.0496. The van der Waals surface area contributed by atoms with E-state index in [-0.39, 0.29) is 37.0 Å². The second-order valence-corrected chi connectivity index (χ2v) is 16.0. The molecule has 1 aromatic carbocycles. The zero-order valence-electron chi connectivity index (χ0n) is 35.2. The van der Waals surface area contributed by atoms with Crippen molar-refractivity contribution >= 4 is 65.9 Å². The van der Waals surface area contributed by atoms with Crippen molar-refractivity contribution in [2.45, 2.75) is 128 Å². The molecule has 0 aromatic heterocycles. The largest absolute Gasteiger partial charge is 0.481 e. The fourth-order valence-electron chi connectivity index (χ4n) is 6.56. The number of carboxylic acid groups (broad SMARTS) is 2. The molecule has 0 aliphatic carbocycles. The number of carbonyl (C=O) groups is 9. The molecule has 1 heterocycles. The summed E-state index contributed by atoms with van der Waals surface area (Å²) < 4.78 is 0. The highest BCUT2D eigenvalue weighted by Crippen LogP contribution is 2.21. The molecule has 0 saturated carbocycles. The maximum atomic E-state index is 14.4. The van der Waals surface area contributed by atoms with Gasteiger partial charge in [0.2, 0.25) is 41.4 Å². The summed E-state index contributed by atoms with van der Waals surface area (Å²) in [7, 11) is 0. The maximum absolute atomic E-state index is 14.4. The van der Waals surface area contributed by atoms with Crippen molar-refractivity contribution in [2.24, 2.45) is 17.6 Å². The van der Waals surface area contributed by atoms with E-state index >= 15 is 0 Å². The van der Waals surface area contributed by atoms with Crippen LogP contribution in [0.15, 0.2) is 30.3 Å². The summed E-state index contributed by atoms with van der Waals surface area (Å²) in [5, 5.41) is 43.3. The minimum atomic E-state index is -1.62. The van der Waals surface area contributed by atoms with E-state index < -0.39 is 121 Å². The first kappa shape index (κ1) is 51.9. The third-order valence-corrected chi connectivity index (χ3v) is 10.5. The Kier molecular flexibility index (Phi) is 21.7. The van der Waals surface area contributed by atoms with Crippen molar-refractivity contribution in [3.8, 4) is 0 Å². The topological polar surface area (TPSA) is 316 Å². The zero-order chi connectivity index (χ0) is 46.0. The van der Waals surface area contributed by atoms with Crippen LogP contribution < -0.4 is 37.6 Å². The summed E-state index contributed by atoms with van der Waals surface area (Å²) in [6.45, 7) is 7.95. The number of carbonyl (C=O) groups excluding carboxylic acids is 7. The van der Waals surface area contributed by atoms with Crippen molar-refractivity contribution in [3.63, 3.8) is 0 Å². The first-order valence-corrected chi connectivity index (χ1v) is 21.0. The molecule has 0 spiro atoms. The Bertz CT molecular complexity index is 1700. The summed E-state index contributed by atoms with van der Waals surface area (Å²) in [4.78, 5) is 118. The molecule has 61 heavy (non-hydrogen) atoms. The summed E-state index contributed by atoms with van der Waals surface area (Å²) >= 11 is 3.86. The number of nitrogens with zero attached hydrogens (tertiary/aromatic N) is 1. The lowest BCUT2D eigenvalue weighted by atomic mass is 9.96. The van der Waals surface area contributed by atoms with Crippen molar-refractivity contribution in [2.75, 3.05) is 18.8 Å². The molecule has 1 saturated heterocycles. The molecule has 21 heteroatoms. The Labute approximate surface area is 360 Å². The Morgan fingerprint density at radius 1 is 0.820 bits per heavy atom. The van der Waals surface area contributed by atoms with E-state index in [9.17, 15) is 58.5 Å². The normalized spacial score (nSPS) is 17.6. The monoisotopic (exact) mass is 878 g/mol. The molecular formula is C40H62N8O12S. The van der Waals surface area contributed by atoms with E-state index in [2.05, 4.69) is 44.5 Å². The molecule has 11 N–H and O–H groups in total. The number of hydrogen-bond acceptors (Lipinski definition) is 12. The molecule has 2 rings (SSSR count).